The largest absolute Gasteiger partial charge is 0.507 e. The molecule has 0 amide bonds. The van der Waals surface area contributed by atoms with Gasteiger partial charge in [-0.1, -0.05) is 93.1 Å². The van der Waals surface area contributed by atoms with Gasteiger partial charge in [-0.15, -0.1) is 0 Å². The van der Waals surface area contributed by atoms with Crippen LogP contribution < -0.4 is 0 Å². The molecule has 0 saturated carbocycles. The van der Waals surface area contributed by atoms with Crippen molar-refractivity contribution in [3.63, 3.8) is 0 Å². The van der Waals surface area contributed by atoms with E-state index in [2.05, 4.69) is 86.3 Å². The Labute approximate surface area is 210 Å². The Bertz CT molecular complexity index is 1120. The molecule has 182 valence electrons. The van der Waals surface area contributed by atoms with E-state index in [0.29, 0.717) is 12.0 Å². The lowest BCUT2D eigenvalue weighted by Gasteiger charge is -2.30. The first-order valence-corrected chi connectivity index (χ1v) is 12.7. The summed E-state index contributed by atoms with van der Waals surface area (Å²) < 4.78 is 0. The Morgan fingerprint density at radius 1 is 0.857 bits per heavy atom. The number of phenols is 1. The number of hydrogen-bond acceptors (Lipinski definition) is 3. The number of phenolic OH excluding ortho intramolecular Hbond substituents is 1. The monoisotopic (exact) mass is 467 g/mol. The van der Waals surface area contributed by atoms with E-state index in [1.165, 1.54) is 22.3 Å². The maximum absolute atomic E-state index is 12.7. The second-order valence-electron chi connectivity index (χ2n) is 10.6. The maximum Gasteiger partial charge on any atom is 0.166 e. The lowest BCUT2D eigenvalue weighted by molar-refractivity contribution is 0.0971. The number of benzene rings is 3. The molecule has 0 unspecified atom stereocenters. The summed E-state index contributed by atoms with van der Waals surface area (Å²) >= 11 is 0. The molecule has 35 heavy (non-hydrogen) atoms. The molecule has 0 aliphatic carbocycles. The SMILES string of the molecule is CC(C)(C)c1ccc(C(=O)CCCN2CCC(=C(c3ccccc3)c3ccccc3)CC2)c(O)c1. The Kier molecular flexibility index (Phi) is 7.87. The van der Waals surface area contributed by atoms with Crippen molar-refractivity contribution in [2.24, 2.45) is 0 Å². The van der Waals surface area contributed by atoms with E-state index in [-0.39, 0.29) is 16.9 Å². The van der Waals surface area contributed by atoms with Crippen molar-refractivity contribution in [3.8, 4) is 5.75 Å². The fourth-order valence-corrected chi connectivity index (χ4v) is 4.91. The van der Waals surface area contributed by atoms with Gasteiger partial charge >= 0.3 is 0 Å². The molecule has 0 bridgehead atoms. The number of carbonyl (C=O) groups excluding carboxylic acids is 1. The molecule has 0 aromatic heterocycles. The van der Waals surface area contributed by atoms with Crippen LogP contribution >= 0.6 is 0 Å². The smallest absolute Gasteiger partial charge is 0.166 e. The van der Waals surface area contributed by atoms with Crippen LogP contribution in [0.4, 0.5) is 0 Å². The van der Waals surface area contributed by atoms with Crippen LogP contribution in [-0.4, -0.2) is 35.4 Å². The van der Waals surface area contributed by atoms with Crippen molar-refractivity contribution in [2.75, 3.05) is 19.6 Å². The van der Waals surface area contributed by atoms with Crippen molar-refractivity contribution in [1.29, 1.82) is 0 Å². The fourth-order valence-electron chi connectivity index (χ4n) is 4.91. The fraction of sp³-hybridized carbons (Fsp3) is 0.344. The molecular formula is C32H37NO2. The number of rotatable bonds is 7. The third-order valence-electron chi connectivity index (χ3n) is 6.98. The van der Waals surface area contributed by atoms with Crippen molar-refractivity contribution in [2.45, 2.75) is 51.9 Å². The van der Waals surface area contributed by atoms with Crippen LogP contribution in [0.3, 0.4) is 0 Å². The first kappa shape index (κ1) is 24.9. The first-order valence-electron chi connectivity index (χ1n) is 12.7. The van der Waals surface area contributed by atoms with Crippen LogP contribution in [-0.2, 0) is 5.41 Å². The molecule has 1 heterocycles. The summed E-state index contributed by atoms with van der Waals surface area (Å²) in [5.41, 5.74) is 6.87. The van der Waals surface area contributed by atoms with E-state index >= 15 is 0 Å². The Morgan fingerprint density at radius 3 is 1.94 bits per heavy atom. The number of likely N-dealkylation sites (tertiary alicyclic amines) is 1. The number of aromatic hydroxyl groups is 1. The van der Waals surface area contributed by atoms with Gasteiger partial charge in [0.15, 0.2) is 5.78 Å². The van der Waals surface area contributed by atoms with Crippen LogP contribution in [0, 0.1) is 0 Å². The zero-order valence-electron chi connectivity index (χ0n) is 21.3. The minimum Gasteiger partial charge on any atom is -0.507 e. The Balaban J connectivity index is 1.35. The van der Waals surface area contributed by atoms with Gasteiger partial charge in [-0.3, -0.25) is 4.79 Å². The molecule has 1 fully saturated rings. The summed E-state index contributed by atoms with van der Waals surface area (Å²) in [5.74, 6) is 0.125. The molecule has 0 radical (unpaired) electrons. The summed E-state index contributed by atoms with van der Waals surface area (Å²) in [6, 6.07) is 26.9. The second kappa shape index (κ2) is 11.0. The van der Waals surface area contributed by atoms with Crippen molar-refractivity contribution in [1.82, 2.24) is 4.90 Å². The van der Waals surface area contributed by atoms with Crippen LogP contribution in [0.5, 0.6) is 5.75 Å². The summed E-state index contributed by atoms with van der Waals surface area (Å²) in [5, 5.41) is 10.4. The summed E-state index contributed by atoms with van der Waals surface area (Å²) in [6.45, 7) is 9.24. The van der Waals surface area contributed by atoms with Crippen LogP contribution in [0.15, 0.2) is 84.4 Å². The minimum atomic E-state index is -0.0541. The molecule has 1 saturated heterocycles. The van der Waals surface area contributed by atoms with Gasteiger partial charge in [0.2, 0.25) is 0 Å². The van der Waals surface area contributed by atoms with E-state index in [1.807, 2.05) is 6.07 Å². The maximum atomic E-state index is 12.7. The predicted octanol–water partition coefficient (Wildman–Crippen LogP) is 7.25. The predicted molar refractivity (Wildman–Crippen MR) is 145 cm³/mol. The average Bonchev–Trinajstić information content (AvgIpc) is 2.86. The topological polar surface area (TPSA) is 40.5 Å². The summed E-state index contributed by atoms with van der Waals surface area (Å²) in [7, 11) is 0. The van der Waals surface area contributed by atoms with Crippen molar-refractivity contribution in [3.05, 3.63) is 107 Å². The first-order chi connectivity index (χ1) is 16.8. The quantitative estimate of drug-likeness (QED) is 0.372. The molecule has 0 atom stereocenters. The molecule has 3 aromatic rings. The van der Waals surface area contributed by atoms with E-state index in [0.717, 1.165) is 44.5 Å². The normalized spacial score (nSPS) is 14.7. The zero-order valence-corrected chi connectivity index (χ0v) is 21.3. The number of carbonyl (C=O) groups is 1. The van der Waals surface area contributed by atoms with Gasteiger partial charge in [-0.05, 0) is 65.6 Å². The summed E-state index contributed by atoms with van der Waals surface area (Å²) in [6.07, 6.45) is 3.35. The van der Waals surface area contributed by atoms with E-state index in [9.17, 15) is 9.90 Å². The van der Waals surface area contributed by atoms with E-state index < -0.39 is 0 Å². The van der Waals surface area contributed by atoms with Gasteiger partial charge in [0.1, 0.15) is 5.75 Å². The minimum absolute atomic E-state index is 0.0241. The highest BCUT2D eigenvalue weighted by Crippen LogP contribution is 2.32. The number of nitrogens with zero attached hydrogens (tertiary/aromatic N) is 1. The van der Waals surface area contributed by atoms with Crippen LogP contribution in [0.1, 0.15) is 73.5 Å². The highest BCUT2D eigenvalue weighted by molar-refractivity contribution is 5.98. The Morgan fingerprint density at radius 2 is 1.43 bits per heavy atom. The molecule has 0 spiro atoms. The molecule has 3 aromatic carbocycles. The molecule has 3 nitrogen and oxygen atoms in total. The molecule has 1 N–H and O–H groups in total. The van der Waals surface area contributed by atoms with E-state index in [1.54, 1.807) is 12.1 Å². The lowest BCUT2D eigenvalue weighted by Crippen LogP contribution is -2.32. The molecule has 1 aliphatic rings. The van der Waals surface area contributed by atoms with Gasteiger partial charge in [0.25, 0.3) is 0 Å². The van der Waals surface area contributed by atoms with Gasteiger partial charge in [0, 0.05) is 19.5 Å². The van der Waals surface area contributed by atoms with Crippen LogP contribution in [0.2, 0.25) is 0 Å². The molecule has 3 heteroatoms. The van der Waals surface area contributed by atoms with E-state index in [4.69, 9.17) is 0 Å². The lowest BCUT2D eigenvalue weighted by atomic mass is 9.86. The third-order valence-corrected chi connectivity index (χ3v) is 6.98. The van der Waals surface area contributed by atoms with Gasteiger partial charge < -0.3 is 10.0 Å². The number of Topliss-reactive ketones (excluding diaryl/α,β-unsaturated/α-hetero) is 1. The number of hydrogen-bond donors (Lipinski definition) is 1. The number of piperidine rings is 1. The molecule has 1 aliphatic heterocycles. The second-order valence-corrected chi connectivity index (χ2v) is 10.6. The summed E-state index contributed by atoms with van der Waals surface area (Å²) in [4.78, 5) is 15.2. The molecule has 4 rings (SSSR count). The standard InChI is InChI=1S/C32H37NO2/c1-32(2,3)27-16-17-28(30(35)23-27)29(34)15-10-20-33-21-18-26(19-22-33)31(24-11-6-4-7-12-24)25-13-8-5-9-14-25/h4-9,11-14,16-17,23,35H,10,15,18-22H2,1-3H3. The van der Waals surface area contributed by atoms with Crippen LogP contribution in [0.25, 0.3) is 5.57 Å². The number of ketones is 1. The average molecular weight is 468 g/mol. The van der Waals surface area contributed by atoms with Gasteiger partial charge in [-0.25, -0.2) is 0 Å². The Hall–Kier alpha value is -3.17. The van der Waals surface area contributed by atoms with Gasteiger partial charge in [-0.2, -0.15) is 0 Å². The van der Waals surface area contributed by atoms with Crippen molar-refractivity contribution >= 4 is 11.4 Å². The highest BCUT2D eigenvalue weighted by Gasteiger charge is 2.20. The van der Waals surface area contributed by atoms with Gasteiger partial charge in [0.05, 0.1) is 5.56 Å². The zero-order chi connectivity index (χ0) is 24.8. The van der Waals surface area contributed by atoms with Crippen molar-refractivity contribution < 1.29 is 9.90 Å². The highest BCUT2D eigenvalue weighted by atomic mass is 16.3. The third kappa shape index (κ3) is 6.29. The molecular weight excluding hydrogens is 430 g/mol.